The van der Waals surface area contributed by atoms with Crippen LogP contribution in [0.4, 0.5) is 18.9 Å². The van der Waals surface area contributed by atoms with E-state index in [0.717, 1.165) is 33.5 Å². The molecule has 1 heterocycles. The number of anilines is 1. The third kappa shape index (κ3) is 4.27. The van der Waals surface area contributed by atoms with Crippen molar-refractivity contribution in [3.8, 4) is 5.69 Å². The minimum atomic E-state index is -4.52. The van der Waals surface area contributed by atoms with E-state index in [9.17, 15) is 22.8 Å². The number of amides is 1. The molecule has 3 rings (SSSR count). The van der Waals surface area contributed by atoms with E-state index in [1.165, 1.54) is 25.1 Å². The lowest BCUT2D eigenvalue weighted by molar-refractivity contribution is -0.137. The summed E-state index contributed by atoms with van der Waals surface area (Å²) < 4.78 is 40.3. The molecule has 0 saturated heterocycles. The van der Waals surface area contributed by atoms with E-state index < -0.39 is 28.8 Å². The zero-order valence-electron chi connectivity index (χ0n) is 16.9. The average Bonchev–Trinajstić information content (AvgIpc) is 2.64. The molecular formula is C22H20F3N3O2. The van der Waals surface area contributed by atoms with Gasteiger partial charge in [-0.3, -0.25) is 9.59 Å². The van der Waals surface area contributed by atoms with Gasteiger partial charge in [0.2, 0.25) is 5.43 Å². The molecule has 156 valence electrons. The molecule has 3 aromatic rings. The minimum Gasteiger partial charge on any atom is -0.320 e. The molecule has 0 fully saturated rings. The summed E-state index contributed by atoms with van der Waals surface area (Å²) in [5, 5.41) is 6.76. The first-order chi connectivity index (χ1) is 14.0. The summed E-state index contributed by atoms with van der Waals surface area (Å²) in [4.78, 5) is 25.2. The summed E-state index contributed by atoms with van der Waals surface area (Å²) in [6.45, 7) is 7.13. The quantitative estimate of drug-likeness (QED) is 0.672. The first-order valence-electron chi connectivity index (χ1n) is 9.15. The number of halogens is 3. The molecule has 1 amide bonds. The molecule has 0 aliphatic heterocycles. The Bertz CT molecular complexity index is 1170. The van der Waals surface area contributed by atoms with Crippen molar-refractivity contribution >= 4 is 11.6 Å². The van der Waals surface area contributed by atoms with Gasteiger partial charge in [-0.05, 0) is 57.0 Å². The van der Waals surface area contributed by atoms with Gasteiger partial charge >= 0.3 is 6.18 Å². The fourth-order valence-corrected chi connectivity index (χ4v) is 3.33. The fourth-order valence-electron chi connectivity index (χ4n) is 3.33. The molecule has 2 aromatic carbocycles. The number of carbonyl (C=O) groups is 1. The van der Waals surface area contributed by atoms with Crippen LogP contribution in [0.5, 0.6) is 0 Å². The number of aromatic nitrogens is 2. The molecule has 0 spiro atoms. The second-order valence-electron chi connectivity index (χ2n) is 7.19. The van der Waals surface area contributed by atoms with Crippen LogP contribution in [0.25, 0.3) is 5.69 Å². The van der Waals surface area contributed by atoms with Gasteiger partial charge in [0.05, 0.1) is 11.3 Å². The Labute approximate surface area is 171 Å². The summed E-state index contributed by atoms with van der Waals surface area (Å²) in [7, 11) is 0. The van der Waals surface area contributed by atoms with Crippen LogP contribution in [0.3, 0.4) is 0 Å². The zero-order chi connectivity index (χ0) is 22.2. The SMILES string of the molecule is Cc1cc(C)c(NC(=O)c2nn(-c3cccc(C(F)(F)F)c3)c(C)cc2=O)c(C)c1. The maximum absolute atomic E-state index is 13.1. The van der Waals surface area contributed by atoms with Gasteiger partial charge < -0.3 is 5.32 Å². The summed E-state index contributed by atoms with van der Waals surface area (Å²) in [6.07, 6.45) is -4.52. The van der Waals surface area contributed by atoms with Gasteiger partial charge in [-0.2, -0.15) is 18.3 Å². The van der Waals surface area contributed by atoms with E-state index in [4.69, 9.17) is 0 Å². The van der Waals surface area contributed by atoms with Crippen LogP contribution >= 0.6 is 0 Å². The monoisotopic (exact) mass is 415 g/mol. The van der Waals surface area contributed by atoms with Crippen LogP contribution in [-0.4, -0.2) is 15.7 Å². The highest BCUT2D eigenvalue weighted by molar-refractivity contribution is 6.03. The van der Waals surface area contributed by atoms with Gasteiger partial charge in [-0.25, -0.2) is 4.68 Å². The van der Waals surface area contributed by atoms with E-state index >= 15 is 0 Å². The predicted octanol–water partition coefficient (Wildman–Crippen LogP) is 4.74. The third-order valence-electron chi connectivity index (χ3n) is 4.66. The molecular weight excluding hydrogens is 395 g/mol. The van der Waals surface area contributed by atoms with Crippen molar-refractivity contribution < 1.29 is 18.0 Å². The van der Waals surface area contributed by atoms with Gasteiger partial charge in [0.1, 0.15) is 0 Å². The summed E-state index contributed by atoms with van der Waals surface area (Å²) in [6, 6.07) is 9.50. The van der Waals surface area contributed by atoms with Gasteiger partial charge in [0, 0.05) is 17.4 Å². The Morgan fingerprint density at radius 2 is 1.63 bits per heavy atom. The van der Waals surface area contributed by atoms with Crippen molar-refractivity contribution in [1.82, 2.24) is 9.78 Å². The second kappa shape index (κ2) is 7.78. The number of rotatable bonds is 3. The highest BCUT2D eigenvalue weighted by atomic mass is 19.4. The number of hydrogen-bond donors (Lipinski definition) is 1. The molecule has 0 saturated carbocycles. The van der Waals surface area contributed by atoms with Crippen LogP contribution in [-0.2, 0) is 6.18 Å². The van der Waals surface area contributed by atoms with Crippen LogP contribution < -0.4 is 10.7 Å². The Morgan fingerprint density at radius 3 is 2.23 bits per heavy atom. The number of nitrogens with zero attached hydrogens (tertiary/aromatic N) is 2. The molecule has 1 aromatic heterocycles. The number of benzene rings is 2. The predicted molar refractivity (Wildman–Crippen MR) is 108 cm³/mol. The number of carbonyl (C=O) groups excluding carboxylic acids is 1. The highest BCUT2D eigenvalue weighted by Gasteiger charge is 2.30. The molecule has 0 atom stereocenters. The molecule has 0 unspecified atom stereocenters. The molecule has 0 bridgehead atoms. The Kier molecular flexibility index (Phi) is 5.52. The molecule has 30 heavy (non-hydrogen) atoms. The van der Waals surface area contributed by atoms with Crippen molar-refractivity contribution in [1.29, 1.82) is 0 Å². The maximum atomic E-state index is 13.1. The van der Waals surface area contributed by atoms with Crippen molar-refractivity contribution in [2.45, 2.75) is 33.9 Å². The number of hydrogen-bond acceptors (Lipinski definition) is 3. The van der Waals surface area contributed by atoms with Crippen molar-refractivity contribution in [3.63, 3.8) is 0 Å². The van der Waals surface area contributed by atoms with Crippen LogP contribution in [0.15, 0.2) is 47.3 Å². The van der Waals surface area contributed by atoms with E-state index in [1.54, 1.807) is 0 Å². The second-order valence-corrected chi connectivity index (χ2v) is 7.19. The van der Waals surface area contributed by atoms with Crippen molar-refractivity contribution in [2.75, 3.05) is 5.32 Å². The van der Waals surface area contributed by atoms with E-state index in [2.05, 4.69) is 10.4 Å². The third-order valence-corrected chi connectivity index (χ3v) is 4.66. The maximum Gasteiger partial charge on any atom is 0.416 e. The largest absolute Gasteiger partial charge is 0.416 e. The molecule has 1 N–H and O–H groups in total. The summed E-state index contributed by atoms with van der Waals surface area (Å²) in [5.41, 5.74) is 1.78. The van der Waals surface area contributed by atoms with E-state index in [0.29, 0.717) is 11.4 Å². The first kappa shape index (κ1) is 21.3. The molecule has 0 aliphatic carbocycles. The van der Waals surface area contributed by atoms with Crippen LogP contribution in [0.2, 0.25) is 0 Å². The standard InChI is InChI=1S/C22H20F3N3O2/c1-12-8-13(2)19(14(3)9-12)26-21(30)20-18(29)10-15(4)28(27-20)17-7-5-6-16(11-17)22(23,24)25/h5-11H,1-4H3,(H,26,30). The van der Waals surface area contributed by atoms with Crippen LogP contribution in [0, 0.1) is 27.7 Å². The zero-order valence-corrected chi connectivity index (χ0v) is 16.9. The average molecular weight is 415 g/mol. The number of nitrogens with one attached hydrogen (secondary N) is 1. The minimum absolute atomic E-state index is 0.0964. The van der Waals surface area contributed by atoms with Gasteiger partial charge in [-0.1, -0.05) is 23.8 Å². The molecule has 5 nitrogen and oxygen atoms in total. The van der Waals surface area contributed by atoms with Crippen molar-refractivity contribution in [2.24, 2.45) is 0 Å². The van der Waals surface area contributed by atoms with E-state index in [1.807, 2.05) is 32.9 Å². The van der Waals surface area contributed by atoms with Crippen molar-refractivity contribution in [3.05, 3.63) is 86.3 Å². The van der Waals surface area contributed by atoms with E-state index in [-0.39, 0.29) is 5.69 Å². The lowest BCUT2D eigenvalue weighted by Crippen LogP contribution is -2.27. The fraction of sp³-hybridized carbons (Fsp3) is 0.227. The lowest BCUT2D eigenvalue weighted by atomic mass is 10.0. The van der Waals surface area contributed by atoms with Crippen LogP contribution in [0.1, 0.15) is 38.4 Å². The summed E-state index contributed by atoms with van der Waals surface area (Å²) in [5.74, 6) is -0.726. The first-order valence-corrected chi connectivity index (χ1v) is 9.15. The topological polar surface area (TPSA) is 64.0 Å². The summed E-state index contributed by atoms with van der Waals surface area (Å²) >= 11 is 0. The molecule has 0 radical (unpaired) electrons. The highest BCUT2D eigenvalue weighted by Crippen LogP contribution is 2.30. The Morgan fingerprint density at radius 1 is 1.00 bits per heavy atom. The van der Waals surface area contributed by atoms with Gasteiger partial charge in [0.15, 0.2) is 5.69 Å². The smallest absolute Gasteiger partial charge is 0.320 e. The molecule has 8 heteroatoms. The Balaban J connectivity index is 2.04. The Hall–Kier alpha value is -3.42. The number of alkyl halides is 3. The lowest BCUT2D eigenvalue weighted by Gasteiger charge is -2.15. The van der Waals surface area contributed by atoms with Gasteiger partial charge in [-0.15, -0.1) is 0 Å². The normalized spacial score (nSPS) is 11.4. The number of aryl methyl sites for hydroxylation is 4. The molecule has 0 aliphatic rings. The van der Waals surface area contributed by atoms with Gasteiger partial charge in [0.25, 0.3) is 5.91 Å².